The summed E-state index contributed by atoms with van der Waals surface area (Å²) in [5, 5.41) is 3.87. The SMILES string of the molecule is CC1(C(=O)NCc2ccc(Cl)c(Cc3nc4ccc(N5CCOCC5)cc4[nH]3)c2)CCCCC1. The zero-order valence-corrected chi connectivity index (χ0v) is 20.6. The highest BCUT2D eigenvalue weighted by Crippen LogP contribution is 2.36. The topological polar surface area (TPSA) is 70.2 Å². The van der Waals surface area contributed by atoms with Crippen molar-refractivity contribution in [3.8, 4) is 0 Å². The molecule has 3 aromatic rings. The van der Waals surface area contributed by atoms with E-state index in [4.69, 9.17) is 21.3 Å². The van der Waals surface area contributed by atoms with Gasteiger partial charge in [0.05, 0.1) is 24.2 Å². The van der Waals surface area contributed by atoms with Crippen LogP contribution in [-0.2, 0) is 22.5 Å². The fourth-order valence-electron chi connectivity index (χ4n) is 5.16. The number of nitrogens with one attached hydrogen (secondary N) is 2. The number of aromatic amines is 1. The van der Waals surface area contributed by atoms with Gasteiger partial charge in [0, 0.05) is 42.2 Å². The maximum absolute atomic E-state index is 12.8. The van der Waals surface area contributed by atoms with Gasteiger partial charge in [-0.1, -0.05) is 49.9 Å². The second-order valence-electron chi connectivity index (χ2n) is 9.89. The lowest BCUT2D eigenvalue weighted by atomic mass is 9.75. The van der Waals surface area contributed by atoms with Crippen LogP contribution in [-0.4, -0.2) is 42.2 Å². The van der Waals surface area contributed by atoms with E-state index in [0.717, 1.165) is 80.0 Å². The maximum Gasteiger partial charge on any atom is 0.226 e. The summed E-state index contributed by atoms with van der Waals surface area (Å²) < 4.78 is 5.47. The minimum Gasteiger partial charge on any atom is -0.378 e. The minimum absolute atomic E-state index is 0.164. The van der Waals surface area contributed by atoms with Crippen LogP contribution in [0.2, 0.25) is 5.02 Å². The third-order valence-corrected chi connectivity index (χ3v) is 7.69. The number of ether oxygens (including phenoxy) is 1. The minimum atomic E-state index is -0.234. The van der Waals surface area contributed by atoms with Crippen molar-refractivity contribution in [2.45, 2.75) is 52.0 Å². The van der Waals surface area contributed by atoms with Gasteiger partial charge in [0.15, 0.2) is 0 Å². The second-order valence-corrected chi connectivity index (χ2v) is 10.3. The lowest BCUT2D eigenvalue weighted by molar-refractivity contribution is -0.132. The van der Waals surface area contributed by atoms with Crippen LogP contribution in [0.1, 0.15) is 56.0 Å². The van der Waals surface area contributed by atoms with Crippen LogP contribution in [0.3, 0.4) is 0 Å². The summed E-state index contributed by atoms with van der Waals surface area (Å²) in [4.78, 5) is 23.4. The molecule has 0 unspecified atom stereocenters. The molecular weight excluding hydrogens is 448 g/mol. The fourth-order valence-corrected chi connectivity index (χ4v) is 5.35. The van der Waals surface area contributed by atoms with Crippen molar-refractivity contribution in [2.75, 3.05) is 31.2 Å². The Hall–Kier alpha value is -2.57. The molecule has 1 aliphatic carbocycles. The van der Waals surface area contributed by atoms with Gasteiger partial charge in [-0.2, -0.15) is 0 Å². The summed E-state index contributed by atoms with van der Waals surface area (Å²) in [6.07, 6.45) is 6.08. The average molecular weight is 481 g/mol. The summed E-state index contributed by atoms with van der Waals surface area (Å²) in [5.74, 6) is 1.05. The van der Waals surface area contributed by atoms with Gasteiger partial charge in [-0.3, -0.25) is 4.79 Å². The highest BCUT2D eigenvalue weighted by molar-refractivity contribution is 6.31. The van der Waals surface area contributed by atoms with E-state index >= 15 is 0 Å². The number of carbonyl (C=O) groups excluding carboxylic acids is 1. The van der Waals surface area contributed by atoms with E-state index in [0.29, 0.717) is 18.0 Å². The summed E-state index contributed by atoms with van der Waals surface area (Å²) in [5.41, 5.74) is 4.99. The Morgan fingerprint density at radius 1 is 1.15 bits per heavy atom. The molecule has 6 nitrogen and oxygen atoms in total. The molecule has 2 heterocycles. The fraction of sp³-hybridized carbons (Fsp3) is 0.481. The third-order valence-electron chi connectivity index (χ3n) is 7.32. The first-order valence-corrected chi connectivity index (χ1v) is 12.7. The standard InChI is InChI=1S/C27H33ClN4O2/c1-27(9-3-2-4-10-27)26(33)29-18-19-5-7-22(28)20(15-19)16-25-30-23-8-6-21(17-24(23)31-25)32-11-13-34-14-12-32/h5-8,15,17H,2-4,9-14,16,18H2,1H3,(H,29,33)(H,30,31). The van der Waals surface area contributed by atoms with Crippen molar-refractivity contribution in [1.29, 1.82) is 0 Å². The molecule has 0 bridgehead atoms. The van der Waals surface area contributed by atoms with E-state index in [-0.39, 0.29) is 11.3 Å². The Kier molecular flexibility index (Phi) is 6.79. The first-order valence-electron chi connectivity index (χ1n) is 12.4. The van der Waals surface area contributed by atoms with E-state index in [1.165, 1.54) is 12.1 Å². The van der Waals surface area contributed by atoms with Crippen LogP contribution in [0.4, 0.5) is 5.69 Å². The molecule has 34 heavy (non-hydrogen) atoms. The van der Waals surface area contributed by atoms with E-state index < -0.39 is 0 Å². The number of carbonyl (C=O) groups is 1. The molecule has 2 aliphatic rings. The molecule has 1 aromatic heterocycles. The maximum atomic E-state index is 12.8. The Morgan fingerprint density at radius 3 is 2.74 bits per heavy atom. The number of imidazole rings is 1. The number of amides is 1. The summed E-state index contributed by atoms with van der Waals surface area (Å²) in [6.45, 7) is 5.96. The van der Waals surface area contributed by atoms with Crippen molar-refractivity contribution >= 4 is 34.2 Å². The molecule has 0 atom stereocenters. The quantitative estimate of drug-likeness (QED) is 0.506. The lowest BCUT2D eigenvalue weighted by Gasteiger charge is -2.32. The molecule has 180 valence electrons. The van der Waals surface area contributed by atoms with E-state index in [1.807, 2.05) is 12.1 Å². The number of morpholine rings is 1. The Bertz CT molecular complexity index is 1160. The van der Waals surface area contributed by atoms with Crippen molar-refractivity contribution in [2.24, 2.45) is 5.41 Å². The highest BCUT2D eigenvalue weighted by Gasteiger charge is 2.34. The van der Waals surface area contributed by atoms with Gasteiger partial charge in [-0.15, -0.1) is 0 Å². The molecular formula is C27H33ClN4O2. The number of nitrogens with zero attached hydrogens (tertiary/aromatic N) is 2. The van der Waals surface area contributed by atoms with Crippen molar-refractivity contribution < 1.29 is 9.53 Å². The smallest absolute Gasteiger partial charge is 0.226 e. The molecule has 0 spiro atoms. The molecule has 1 saturated carbocycles. The van der Waals surface area contributed by atoms with Crippen LogP contribution in [0.15, 0.2) is 36.4 Å². The second kappa shape index (κ2) is 9.96. The molecule has 1 saturated heterocycles. The monoisotopic (exact) mass is 480 g/mol. The predicted octanol–water partition coefficient (Wildman–Crippen LogP) is 5.23. The van der Waals surface area contributed by atoms with Crippen molar-refractivity contribution in [1.82, 2.24) is 15.3 Å². The van der Waals surface area contributed by atoms with Crippen LogP contribution in [0, 0.1) is 5.41 Å². The van der Waals surface area contributed by atoms with Gasteiger partial charge in [-0.25, -0.2) is 4.98 Å². The number of anilines is 1. The number of rotatable bonds is 6. The Labute approximate surface area is 206 Å². The number of H-pyrrole nitrogens is 1. The first kappa shape index (κ1) is 23.2. The van der Waals surface area contributed by atoms with Crippen LogP contribution in [0.25, 0.3) is 11.0 Å². The molecule has 5 rings (SSSR count). The van der Waals surface area contributed by atoms with Gasteiger partial charge in [-0.05, 0) is 48.2 Å². The van der Waals surface area contributed by atoms with Gasteiger partial charge in [0.25, 0.3) is 0 Å². The molecule has 0 radical (unpaired) electrons. The molecule has 7 heteroatoms. The Morgan fingerprint density at radius 2 is 1.94 bits per heavy atom. The van der Waals surface area contributed by atoms with E-state index in [1.54, 1.807) is 0 Å². The van der Waals surface area contributed by atoms with Crippen LogP contribution in [0.5, 0.6) is 0 Å². The van der Waals surface area contributed by atoms with Gasteiger partial charge in [0.1, 0.15) is 5.82 Å². The van der Waals surface area contributed by atoms with E-state index in [2.05, 4.69) is 46.4 Å². The largest absolute Gasteiger partial charge is 0.378 e. The van der Waals surface area contributed by atoms with Crippen molar-refractivity contribution in [3.05, 3.63) is 58.4 Å². The Balaban J connectivity index is 1.27. The zero-order chi connectivity index (χ0) is 23.5. The highest BCUT2D eigenvalue weighted by atomic mass is 35.5. The number of fused-ring (bicyclic) bond motifs is 1. The number of halogens is 1. The third kappa shape index (κ3) is 5.08. The molecule has 1 aliphatic heterocycles. The molecule has 2 N–H and O–H groups in total. The molecule has 1 amide bonds. The number of hydrogen-bond acceptors (Lipinski definition) is 4. The van der Waals surface area contributed by atoms with Crippen LogP contribution < -0.4 is 10.2 Å². The summed E-state index contributed by atoms with van der Waals surface area (Å²) >= 11 is 6.53. The molecule has 2 aromatic carbocycles. The first-order chi connectivity index (χ1) is 16.5. The van der Waals surface area contributed by atoms with Gasteiger partial charge >= 0.3 is 0 Å². The van der Waals surface area contributed by atoms with Crippen molar-refractivity contribution in [3.63, 3.8) is 0 Å². The lowest BCUT2D eigenvalue weighted by Crippen LogP contribution is -2.39. The van der Waals surface area contributed by atoms with Gasteiger partial charge in [0.2, 0.25) is 5.91 Å². The predicted molar refractivity (Wildman–Crippen MR) is 136 cm³/mol. The van der Waals surface area contributed by atoms with Crippen LogP contribution >= 0.6 is 11.6 Å². The number of benzene rings is 2. The van der Waals surface area contributed by atoms with E-state index in [9.17, 15) is 4.79 Å². The summed E-state index contributed by atoms with van der Waals surface area (Å²) in [7, 11) is 0. The average Bonchev–Trinajstić information content (AvgIpc) is 3.27. The number of hydrogen-bond donors (Lipinski definition) is 2. The molecule has 2 fully saturated rings. The summed E-state index contributed by atoms with van der Waals surface area (Å²) in [6, 6.07) is 12.3. The normalized spacial score (nSPS) is 18.2. The number of aromatic nitrogens is 2. The zero-order valence-electron chi connectivity index (χ0n) is 19.8. The van der Waals surface area contributed by atoms with Gasteiger partial charge < -0.3 is 19.9 Å².